The molecular formula is C25H42O4. The summed E-state index contributed by atoms with van der Waals surface area (Å²) >= 11 is 0. The molecule has 2 N–H and O–H groups in total. The molecule has 2 unspecified atom stereocenters. The summed E-state index contributed by atoms with van der Waals surface area (Å²) in [4.78, 5) is 10.6. The van der Waals surface area contributed by atoms with Gasteiger partial charge in [-0.25, -0.2) is 0 Å². The van der Waals surface area contributed by atoms with Crippen LogP contribution in [-0.4, -0.2) is 28.4 Å². The first kappa shape index (κ1) is 25.6. The number of carbonyl (C=O) groups is 1. The van der Waals surface area contributed by atoms with Gasteiger partial charge in [0.15, 0.2) is 0 Å². The Morgan fingerprint density at radius 2 is 1.45 bits per heavy atom. The van der Waals surface area contributed by atoms with Gasteiger partial charge in [-0.05, 0) is 24.8 Å². The third-order valence-corrected chi connectivity index (χ3v) is 5.47. The van der Waals surface area contributed by atoms with E-state index in [-0.39, 0.29) is 12.5 Å². The Bertz CT molecular complexity index is 503. The monoisotopic (exact) mass is 406 g/mol. The number of ether oxygens (including phenoxy) is 1. The summed E-state index contributed by atoms with van der Waals surface area (Å²) in [6.07, 6.45) is 13.6. The number of aliphatic hydroxyl groups is 1. The van der Waals surface area contributed by atoms with Crippen molar-refractivity contribution in [2.24, 2.45) is 0 Å². The molecule has 29 heavy (non-hydrogen) atoms. The van der Waals surface area contributed by atoms with Crippen molar-refractivity contribution in [3.63, 3.8) is 0 Å². The second kappa shape index (κ2) is 17.5. The number of aliphatic hydroxyl groups excluding tert-OH is 1. The van der Waals surface area contributed by atoms with Gasteiger partial charge in [0, 0.05) is 6.42 Å². The summed E-state index contributed by atoms with van der Waals surface area (Å²) < 4.78 is 6.10. The van der Waals surface area contributed by atoms with Crippen LogP contribution < -0.4 is 0 Å². The fourth-order valence-electron chi connectivity index (χ4n) is 3.64. The van der Waals surface area contributed by atoms with Gasteiger partial charge in [0.05, 0.1) is 18.8 Å². The molecule has 4 heteroatoms. The van der Waals surface area contributed by atoms with Crippen molar-refractivity contribution in [2.75, 3.05) is 0 Å². The van der Waals surface area contributed by atoms with Gasteiger partial charge < -0.3 is 14.9 Å². The lowest BCUT2D eigenvalue weighted by Gasteiger charge is -2.24. The van der Waals surface area contributed by atoms with Gasteiger partial charge in [-0.2, -0.15) is 0 Å². The van der Waals surface area contributed by atoms with Crippen LogP contribution in [0.2, 0.25) is 0 Å². The Balaban J connectivity index is 2.32. The highest BCUT2D eigenvalue weighted by Crippen LogP contribution is 2.19. The lowest BCUT2D eigenvalue weighted by atomic mass is 9.99. The van der Waals surface area contributed by atoms with E-state index in [1.165, 1.54) is 38.5 Å². The molecule has 166 valence electrons. The van der Waals surface area contributed by atoms with Crippen LogP contribution in [0.15, 0.2) is 30.3 Å². The molecule has 0 heterocycles. The molecule has 2 atom stereocenters. The number of benzene rings is 1. The Morgan fingerprint density at radius 1 is 0.862 bits per heavy atom. The predicted octanol–water partition coefficient (Wildman–Crippen LogP) is 6.50. The maximum absolute atomic E-state index is 10.7. The maximum atomic E-state index is 10.7. The zero-order valence-electron chi connectivity index (χ0n) is 18.4. The summed E-state index contributed by atoms with van der Waals surface area (Å²) in [7, 11) is 0. The average Bonchev–Trinajstić information content (AvgIpc) is 2.72. The molecule has 0 saturated carbocycles. The van der Waals surface area contributed by atoms with Crippen LogP contribution in [0.1, 0.15) is 102 Å². The number of unbranched alkanes of at least 4 members (excludes halogenated alkanes) is 9. The van der Waals surface area contributed by atoms with Crippen LogP contribution in [-0.2, 0) is 16.1 Å². The van der Waals surface area contributed by atoms with Crippen molar-refractivity contribution >= 4 is 5.97 Å². The number of carboxylic acids is 1. The highest BCUT2D eigenvalue weighted by molar-refractivity contribution is 5.66. The fraction of sp³-hybridized carbons (Fsp3) is 0.720. The molecule has 4 nitrogen and oxygen atoms in total. The number of rotatable bonds is 19. The van der Waals surface area contributed by atoms with E-state index in [0.717, 1.165) is 50.5 Å². The Hall–Kier alpha value is -1.39. The lowest BCUT2D eigenvalue weighted by molar-refractivity contribution is -0.137. The molecule has 0 spiro atoms. The third-order valence-electron chi connectivity index (χ3n) is 5.47. The van der Waals surface area contributed by atoms with E-state index in [1.54, 1.807) is 0 Å². The minimum atomic E-state index is -0.723. The van der Waals surface area contributed by atoms with Crippen molar-refractivity contribution in [1.82, 2.24) is 0 Å². The molecule has 0 saturated heterocycles. The second-order valence-corrected chi connectivity index (χ2v) is 8.16. The molecule has 0 aromatic heterocycles. The molecule has 1 aromatic carbocycles. The van der Waals surface area contributed by atoms with Gasteiger partial charge >= 0.3 is 5.97 Å². The summed E-state index contributed by atoms with van der Waals surface area (Å²) in [5.41, 5.74) is 1.13. The standard InChI is InChI=1S/C25H42O4/c1-2-3-4-5-6-7-13-18-23(26)24(19-14-8-9-15-20-25(27)28)29-21-22-16-11-10-12-17-22/h10-12,16-17,23-24,26H,2-9,13-15,18-21H2,1H3,(H,27,28). The molecule has 0 aliphatic heterocycles. The van der Waals surface area contributed by atoms with E-state index in [9.17, 15) is 9.90 Å². The third kappa shape index (κ3) is 14.3. The molecule has 0 bridgehead atoms. The summed E-state index contributed by atoms with van der Waals surface area (Å²) in [6.45, 7) is 2.76. The lowest BCUT2D eigenvalue weighted by Crippen LogP contribution is -2.29. The second-order valence-electron chi connectivity index (χ2n) is 8.16. The van der Waals surface area contributed by atoms with E-state index in [1.807, 2.05) is 30.3 Å². The molecule has 0 amide bonds. The first-order chi connectivity index (χ1) is 14.1. The predicted molar refractivity (Wildman–Crippen MR) is 119 cm³/mol. The highest BCUT2D eigenvalue weighted by Gasteiger charge is 2.19. The van der Waals surface area contributed by atoms with Crippen molar-refractivity contribution in [2.45, 2.75) is 116 Å². The van der Waals surface area contributed by atoms with Gasteiger partial charge in [-0.1, -0.05) is 101 Å². The highest BCUT2D eigenvalue weighted by atomic mass is 16.5. The van der Waals surface area contributed by atoms with Crippen molar-refractivity contribution in [3.8, 4) is 0 Å². The first-order valence-corrected chi connectivity index (χ1v) is 11.7. The molecular weight excluding hydrogens is 364 g/mol. The van der Waals surface area contributed by atoms with Crippen LogP contribution in [0, 0.1) is 0 Å². The quantitative estimate of drug-likeness (QED) is 0.257. The first-order valence-electron chi connectivity index (χ1n) is 11.7. The molecule has 0 aliphatic carbocycles. The molecule has 0 fully saturated rings. The zero-order valence-corrected chi connectivity index (χ0v) is 18.4. The van der Waals surface area contributed by atoms with Crippen LogP contribution in [0.3, 0.4) is 0 Å². The summed E-state index contributed by atoms with van der Waals surface area (Å²) in [6, 6.07) is 10.1. The topological polar surface area (TPSA) is 66.8 Å². The van der Waals surface area contributed by atoms with Crippen LogP contribution >= 0.6 is 0 Å². The van der Waals surface area contributed by atoms with Gasteiger partial charge in [0.25, 0.3) is 0 Å². The summed E-state index contributed by atoms with van der Waals surface area (Å²) in [5.74, 6) is -0.723. The van der Waals surface area contributed by atoms with Gasteiger partial charge in [0.1, 0.15) is 0 Å². The SMILES string of the molecule is CCCCCCCCCC(O)C(CCCCCCC(=O)O)OCc1ccccc1. The van der Waals surface area contributed by atoms with Gasteiger partial charge in [-0.3, -0.25) is 4.79 Å². The molecule has 0 radical (unpaired) electrons. The van der Waals surface area contributed by atoms with Crippen molar-refractivity contribution in [3.05, 3.63) is 35.9 Å². The van der Waals surface area contributed by atoms with E-state index >= 15 is 0 Å². The van der Waals surface area contributed by atoms with E-state index < -0.39 is 12.1 Å². The van der Waals surface area contributed by atoms with Gasteiger partial charge in [-0.15, -0.1) is 0 Å². The Kier molecular flexibility index (Phi) is 15.4. The molecule has 0 aliphatic rings. The molecule has 1 rings (SSSR count). The van der Waals surface area contributed by atoms with Crippen LogP contribution in [0.5, 0.6) is 0 Å². The van der Waals surface area contributed by atoms with Crippen molar-refractivity contribution < 1.29 is 19.7 Å². The normalized spacial score (nSPS) is 13.3. The summed E-state index contributed by atoms with van der Waals surface area (Å²) in [5, 5.41) is 19.4. The Morgan fingerprint density at radius 3 is 2.10 bits per heavy atom. The van der Waals surface area contributed by atoms with Crippen molar-refractivity contribution in [1.29, 1.82) is 0 Å². The van der Waals surface area contributed by atoms with Crippen LogP contribution in [0.25, 0.3) is 0 Å². The fourth-order valence-corrected chi connectivity index (χ4v) is 3.64. The number of aliphatic carboxylic acids is 1. The van der Waals surface area contributed by atoms with Gasteiger partial charge in [0.2, 0.25) is 0 Å². The van der Waals surface area contributed by atoms with E-state index in [0.29, 0.717) is 6.61 Å². The number of hydrogen-bond acceptors (Lipinski definition) is 3. The zero-order chi connectivity index (χ0) is 21.2. The minimum absolute atomic E-state index is 0.144. The Labute approximate surface area is 177 Å². The molecule has 1 aromatic rings. The minimum Gasteiger partial charge on any atom is -0.481 e. The number of hydrogen-bond donors (Lipinski definition) is 2. The smallest absolute Gasteiger partial charge is 0.303 e. The van der Waals surface area contributed by atoms with E-state index in [4.69, 9.17) is 9.84 Å². The van der Waals surface area contributed by atoms with E-state index in [2.05, 4.69) is 6.92 Å². The number of carboxylic acid groups (broad SMARTS) is 1. The average molecular weight is 407 g/mol. The maximum Gasteiger partial charge on any atom is 0.303 e. The largest absolute Gasteiger partial charge is 0.481 e. The van der Waals surface area contributed by atoms with Crippen LogP contribution in [0.4, 0.5) is 0 Å².